The summed E-state index contributed by atoms with van der Waals surface area (Å²) in [6, 6.07) is 5.69. The highest BCUT2D eigenvalue weighted by molar-refractivity contribution is 8.18. The molecule has 1 saturated heterocycles. The second kappa shape index (κ2) is 5.52. The molecule has 9 heteroatoms. The van der Waals surface area contributed by atoms with Crippen molar-refractivity contribution in [3.63, 3.8) is 0 Å². The van der Waals surface area contributed by atoms with E-state index in [-0.39, 0.29) is 5.91 Å². The van der Waals surface area contributed by atoms with Gasteiger partial charge >= 0.3 is 0 Å². The Morgan fingerprint density at radius 1 is 1.30 bits per heavy atom. The fraction of sp³-hybridized carbons (Fsp3) is 0. The number of carbonyl (C=O) groups is 1. The van der Waals surface area contributed by atoms with Crippen LogP contribution in [0.3, 0.4) is 0 Å². The first-order chi connectivity index (χ1) is 11.2. The fourth-order valence-electron chi connectivity index (χ4n) is 2.09. The minimum Gasteiger partial charge on any atom is -0.375 e. The Kier molecular flexibility index (Phi) is 3.36. The number of aromatic nitrogens is 3. The molecule has 3 aromatic rings. The van der Waals surface area contributed by atoms with Crippen LogP contribution in [0.15, 0.2) is 40.5 Å². The maximum absolute atomic E-state index is 12.0. The van der Waals surface area contributed by atoms with Crippen LogP contribution in [-0.2, 0) is 4.79 Å². The second-order valence-electron chi connectivity index (χ2n) is 4.72. The molecule has 0 unspecified atom stereocenters. The fourth-order valence-corrected chi connectivity index (χ4v) is 3.63. The van der Waals surface area contributed by atoms with E-state index in [1.165, 1.54) is 23.1 Å². The number of amides is 1. The van der Waals surface area contributed by atoms with Gasteiger partial charge in [-0.3, -0.25) is 9.89 Å². The number of fused-ring (bicyclic) bond motifs is 1. The van der Waals surface area contributed by atoms with Gasteiger partial charge in [-0.05, 0) is 36.0 Å². The molecule has 1 amide bonds. The molecular formula is C14H10N6OS2. The predicted octanol–water partition coefficient (Wildman–Crippen LogP) is 2.49. The number of aromatic amines is 1. The van der Waals surface area contributed by atoms with Gasteiger partial charge in [-0.2, -0.15) is 5.10 Å². The van der Waals surface area contributed by atoms with Crippen molar-refractivity contribution in [2.75, 3.05) is 5.73 Å². The molecule has 2 aromatic heterocycles. The number of nitrogens with two attached hydrogens (primary N) is 1. The zero-order chi connectivity index (χ0) is 15.8. The number of rotatable bonds is 2. The molecule has 0 bridgehead atoms. The highest BCUT2D eigenvalue weighted by Gasteiger charge is 2.24. The Labute approximate surface area is 138 Å². The first-order valence-corrected chi connectivity index (χ1v) is 8.25. The van der Waals surface area contributed by atoms with Crippen LogP contribution >= 0.6 is 23.1 Å². The summed E-state index contributed by atoms with van der Waals surface area (Å²) in [5.41, 5.74) is 7.24. The van der Waals surface area contributed by atoms with E-state index < -0.39 is 0 Å². The topological polar surface area (TPSA) is 109 Å². The van der Waals surface area contributed by atoms with Crippen molar-refractivity contribution < 1.29 is 4.79 Å². The number of benzene rings is 1. The summed E-state index contributed by atoms with van der Waals surface area (Å²) in [5, 5.41) is 11.7. The Morgan fingerprint density at radius 3 is 3.04 bits per heavy atom. The van der Waals surface area contributed by atoms with E-state index in [0.29, 0.717) is 15.2 Å². The predicted molar refractivity (Wildman–Crippen MR) is 93.4 cm³/mol. The summed E-state index contributed by atoms with van der Waals surface area (Å²) in [6.07, 6.45) is 5.15. The van der Waals surface area contributed by atoms with E-state index in [1.54, 1.807) is 18.5 Å². The maximum atomic E-state index is 12.0. The molecule has 0 saturated carbocycles. The minimum atomic E-state index is -0.177. The monoisotopic (exact) mass is 342 g/mol. The van der Waals surface area contributed by atoms with Crippen LogP contribution < -0.4 is 11.1 Å². The van der Waals surface area contributed by atoms with Crippen LogP contribution in [-0.4, -0.2) is 26.3 Å². The molecule has 0 atom stereocenters. The first kappa shape index (κ1) is 14.0. The van der Waals surface area contributed by atoms with Crippen molar-refractivity contribution in [1.82, 2.24) is 20.5 Å². The number of anilines is 1. The second-order valence-corrected chi connectivity index (χ2v) is 6.85. The molecule has 4 N–H and O–H groups in total. The van der Waals surface area contributed by atoms with Crippen molar-refractivity contribution in [3.05, 3.63) is 40.4 Å². The van der Waals surface area contributed by atoms with Crippen LogP contribution in [0, 0.1) is 0 Å². The van der Waals surface area contributed by atoms with Crippen LogP contribution in [0.25, 0.3) is 17.0 Å². The van der Waals surface area contributed by atoms with Gasteiger partial charge in [0.25, 0.3) is 5.91 Å². The van der Waals surface area contributed by atoms with Gasteiger partial charge in [0.2, 0.25) is 0 Å². The third-order valence-corrected chi connectivity index (χ3v) is 4.81. The van der Waals surface area contributed by atoms with Gasteiger partial charge in [-0.1, -0.05) is 11.3 Å². The summed E-state index contributed by atoms with van der Waals surface area (Å²) in [7, 11) is 0. The number of nitrogen functional groups attached to an aromatic ring is 1. The smallest absolute Gasteiger partial charge is 0.264 e. The average Bonchev–Trinajstić information content (AvgIpc) is 3.21. The lowest BCUT2D eigenvalue weighted by Gasteiger charge is -1.96. The van der Waals surface area contributed by atoms with Crippen LogP contribution in [0.1, 0.15) is 4.88 Å². The molecule has 0 aliphatic carbocycles. The lowest BCUT2D eigenvalue weighted by atomic mass is 10.2. The average molecular weight is 342 g/mol. The Bertz CT molecular complexity index is 970. The van der Waals surface area contributed by atoms with E-state index in [2.05, 4.69) is 25.5 Å². The Hall–Kier alpha value is -2.65. The highest BCUT2D eigenvalue weighted by Crippen LogP contribution is 2.30. The van der Waals surface area contributed by atoms with Crippen molar-refractivity contribution in [3.8, 4) is 0 Å². The quantitative estimate of drug-likeness (QED) is 0.620. The van der Waals surface area contributed by atoms with Crippen LogP contribution in [0.4, 0.5) is 10.8 Å². The number of nitrogens with zero attached hydrogens (tertiary/aromatic N) is 3. The maximum Gasteiger partial charge on any atom is 0.264 e. The molecule has 114 valence electrons. The van der Waals surface area contributed by atoms with Crippen molar-refractivity contribution in [1.29, 1.82) is 0 Å². The molecule has 0 radical (unpaired) electrons. The van der Waals surface area contributed by atoms with Gasteiger partial charge in [0, 0.05) is 11.6 Å². The molecule has 3 heterocycles. The number of H-pyrrole nitrogens is 1. The lowest BCUT2D eigenvalue weighted by molar-refractivity contribution is -0.115. The minimum absolute atomic E-state index is 0.177. The SMILES string of the molecule is Nc1ncc(/C=C2\SC(=Nc3ccc4cn[nH]c4c3)NC2=O)s1. The Balaban J connectivity index is 1.60. The molecule has 4 rings (SSSR count). The molecular weight excluding hydrogens is 332 g/mol. The summed E-state index contributed by atoms with van der Waals surface area (Å²) in [4.78, 5) is 21.8. The summed E-state index contributed by atoms with van der Waals surface area (Å²) >= 11 is 2.62. The van der Waals surface area contributed by atoms with E-state index in [1.807, 2.05) is 18.2 Å². The number of hydrogen-bond donors (Lipinski definition) is 3. The lowest BCUT2D eigenvalue weighted by Crippen LogP contribution is -2.19. The van der Waals surface area contributed by atoms with Crippen molar-refractivity contribution in [2.45, 2.75) is 0 Å². The van der Waals surface area contributed by atoms with E-state index in [0.717, 1.165) is 21.5 Å². The van der Waals surface area contributed by atoms with Crippen LogP contribution in [0.5, 0.6) is 0 Å². The van der Waals surface area contributed by atoms with Crippen molar-refractivity contribution >= 4 is 62.0 Å². The van der Waals surface area contributed by atoms with E-state index >= 15 is 0 Å². The zero-order valence-electron chi connectivity index (χ0n) is 11.6. The summed E-state index contributed by atoms with van der Waals surface area (Å²) in [5.74, 6) is -0.177. The first-order valence-electron chi connectivity index (χ1n) is 6.61. The van der Waals surface area contributed by atoms with E-state index in [4.69, 9.17) is 5.73 Å². The molecule has 1 aliphatic rings. The Morgan fingerprint density at radius 2 is 2.22 bits per heavy atom. The van der Waals surface area contributed by atoms with Gasteiger partial charge in [0.1, 0.15) is 0 Å². The van der Waals surface area contributed by atoms with Crippen LogP contribution in [0.2, 0.25) is 0 Å². The number of nitrogens with one attached hydrogen (secondary N) is 2. The number of aliphatic imine (C=N–C) groups is 1. The molecule has 23 heavy (non-hydrogen) atoms. The number of hydrogen-bond acceptors (Lipinski definition) is 7. The summed E-state index contributed by atoms with van der Waals surface area (Å²) in [6.45, 7) is 0. The van der Waals surface area contributed by atoms with Gasteiger partial charge in [0.05, 0.1) is 27.2 Å². The summed E-state index contributed by atoms with van der Waals surface area (Å²) < 4.78 is 0. The molecule has 1 fully saturated rings. The third-order valence-electron chi connectivity index (χ3n) is 3.12. The highest BCUT2D eigenvalue weighted by atomic mass is 32.2. The normalized spacial score (nSPS) is 18.2. The van der Waals surface area contributed by atoms with E-state index in [9.17, 15) is 4.79 Å². The van der Waals surface area contributed by atoms with Gasteiger partial charge in [-0.15, -0.1) is 0 Å². The number of amidine groups is 1. The molecule has 0 spiro atoms. The van der Waals surface area contributed by atoms with Gasteiger partial charge in [-0.25, -0.2) is 9.98 Å². The van der Waals surface area contributed by atoms with Gasteiger partial charge < -0.3 is 11.1 Å². The van der Waals surface area contributed by atoms with Crippen molar-refractivity contribution in [2.24, 2.45) is 4.99 Å². The molecule has 1 aliphatic heterocycles. The zero-order valence-corrected chi connectivity index (χ0v) is 13.2. The standard InChI is InChI=1S/C14H10N6OS2/c15-13-16-6-9(22-13)4-11-12(21)19-14(23-11)18-8-2-1-7-5-17-20-10(7)3-8/h1-6H,(H2,15,16)(H,17,20)(H,18,19,21)/b11-4-. The largest absolute Gasteiger partial charge is 0.375 e. The number of carbonyl (C=O) groups excluding carboxylic acids is 1. The molecule has 1 aromatic carbocycles. The van der Waals surface area contributed by atoms with Gasteiger partial charge in [0.15, 0.2) is 10.3 Å². The number of thioether (sulfide) groups is 1. The third kappa shape index (κ3) is 2.83. The number of thiazole rings is 1. The molecule has 7 nitrogen and oxygen atoms in total.